The fraction of sp³-hybridized carbons (Fsp3) is 0.429. The summed E-state index contributed by atoms with van der Waals surface area (Å²) >= 11 is 0. The topological polar surface area (TPSA) is 53.6 Å². The van der Waals surface area contributed by atoms with Crippen molar-refractivity contribution in [3.05, 3.63) is 36.0 Å². The summed E-state index contributed by atoms with van der Waals surface area (Å²) in [4.78, 5) is 0. The highest BCUT2D eigenvalue weighted by molar-refractivity contribution is 5.60. The molecule has 0 saturated carbocycles. The van der Waals surface area contributed by atoms with Crippen LogP contribution in [0.5, 0.6) is 0 Å². The molecule has 1 heterocycles. The minimum atomic E-state index is 0.274. The second-order valence-corrected chi connectivity index (χ2v) is 5.65. The van der Waals surface area contributed by atoms with E-state index in [1.807, 2.05) is 30.3 Å². The molecule has 0 aliphatic rings. The van der Waals surface area contributed by atoms with Crippen LogP contribution in [0.2, 0.25) is 0 Å². The molecule has 1 aromatic carbocycles. The molecule has 0 spiro atoms. The Balaban J connectivity index is 2.05. The summed E-state index contributed by atoms with van der Waals surface area (Å²) in [6, 6.07) is 10.1. The van der Waals surface area contributed by atoms with Crippen molar-refractivity contribution >= 4 is 0 Å². The molecule has 18 heavy (non-hydrogen) atoms. The summed E-state index contributed by atoms with van der Waals surface area (Å²) in [5.74, 6) is 0. The van der Waals surface area contributed by atoms with E-state index in [4.69, 9.17) is 0 Å². The fourth-order valence-corrected chi connectivity index (χ4v) is 1.76. The van der Waals surface area contributed by atoms with Gasteiger partial charge in [-0.2, -0.15) is 15.4 Å². The lowest BCUT2D eigenvalue weighted by Gasteiger charge is -2.18. The third kappa shape index (κ3) is 3.40. The first-order chi connectivity index (χ1) is 8.56. The smallest absolute Gasteiger partial charge is 0.117 e. The van der Waals surface area contributed by atoms with Gasteiger partial charge in [-0.1, -0.05) is 51.1 Å². The zero-order valence-corrected chi connectivity index (χ0v) is 11.2. The monoisotopic (exact) mass is 244 g/mol. The molecule has 0 fully saturated rings. The third-order valence-electron chi connectivity index (χ3n) is 2.62. The first-order valence-electron chi connectivity index (χ1n) is 6.22. The van der Waals surface area contributed by atoms with Gasteiger partial charge in [0.05, 0.1) is 0 Å². The van der Waals surface area contributed by atoms with Crippen LogP contribution in [0.15, 0.2) is 30.3 Å². The number of nitrogens with zero attached hydrogens (tertiary/aromatic N) is 2. The van der Waals surface area contributed by atoms with Crippen molar-refractivity contribution in [2.75, 3.05) is 6.54 Å². The van der Waals surface area contributed by atoms with Crippen LogP contribution in [0.1, 0.15) is 26.5 Å². The molecule has 0 radical (unpaired) electrons. The predicted molar refractivity (Wildman–Crippen MR) is 73.0 cm³/mol. The van der Waals surface area contributed by atoms with Crippen molar-refractivity contribution < 1.29 is 0 Å². The summed E-state index contributed by atoms with van der Waals surface area (Å²) in [6.07, 6.45) is 0. The van der Waals surface area contributed by atoms with Gasteiger partial charge in [0.25, 0.3) is 0 Å². The molecular weight excluding hydrogens is 224 g/mol. The van der Waals surface area contributed by atoms with Crippen LogP contribution in [0.4, 0.5) is 0 Å². The number of hydrogen-bond acceptors (Lipinski definition) is 3. The first kappa shape index (κ1) is 12.8. The number of rotatable bonds is 4. The number of H-pyrrole nitrogens is 1. The average Bonchev–Trinajstić information content (AvgIpc) is 2.77. The van der Waals surface area contributed by atoms with Crippen LogP contribution in [0.25, 0.3) is 11.3 Å². The summed E-state index contributed by atoms with van der Waals surface area (Å²) in [5.41, 5.74) is 3.26. The zero-order chi connectivity index (χ0) is 13.0. The van der Waals surface area contributed by atoms with Crippen LogP contribution in [-0.4, -0.2) is 22.0 Å². The highest BCUT2D eigenvalue weighted by Crippen LogP contribution is 2.19. The van der Waals surface area contributed by atoms with Crippen LogP contribution < -0.4 is 5.32 Å². The van der Waals surface area contributed by atoms with Gasteiger partial charge in [-0.25, -0.2) is 0 Å². The highest BCUT2D eigenvalue weighted by atomic mass is 15.3. The van der Waals surface area contributed by atoms with Gasteiger partial charge in [-0.15, -0.1) is 0 Å². The van der Waals surface area contributed by atoms with Gasteiger partial charge in [0.1, 0.15) is 11.4 Å². The van der Waals surface area contributed by atoms with Crippen molar-refractivity contribution in [3.63, 3.8) is 0 Å². The molecule has 0 bridgehead atoms. The predicted octanol–water partition coefficient (Wildman–Crippen LogP) is 2.61. The molecule has 96 valence electrons. The molecule has 2 N–H and O–H groups in total. The lowest BCUT2D eigenvalue weighted by molar-refractivity contribution is 0.378. The Morgan fingerprint density at radius 1 is 1.11 bits per heavy atom. The Morgan fingerprint density at radius 3 is 2.50 bits per heavy atom. The molecule has 0 atom stereocenters. The lowest BCUT2D eigenvalue weighted by atomic mass is 9.97. The average molecular weight is 244 g/mol. The van der Waals surface area contributed by atoms with Crippen LogP contribution in [-0.2, 0) is 6.54 Å². The molecule has 0 saturated heterocycles. The van der Waals surface area contributed by atoms with Crippen LogP contribution >= 0.6 is 0 Å². The van der Waals surface area contributed by atoms with Crippen LogP contribution in [0.3, 0.4) is 0 Å². The molecule has 0 aliphatic carbocycles. The largest absolute Gasteiger partial charge is 0.311 e. The van der Waals surface area contributed by atoms with E-state index in [0.717, 1.165) is 30.0 Å². The van der Waals surface area contributed by atoms with Gasteiger partial charge in [0.15, 0.2) is 0 Å². The quantitative estimate of drug-likeness (QED) is 0.869. The molecule has 2 rings (SSSR count). The number of benzene rings is 1. The molecule has 1 aromatic heterocycles. The van der Waals surface area contributed by atoms with Crippen molar-refractivity contribution in [2.24, 2.45) is 5.41 Å². The van der Waals surface area contributed by atoms with Gasteiger partial charge in [0, 0.05) is 18.7 Å². The molecular formula is C14H20N4. The van der Waals surface area contributed by atoms with Crippen molar-refractivity contribution in [2.45, 2.75) is 27.3 Å². The van der Waals surface area contributed by atoms with E-state index in [1.165, 1.54) is 0 Å². The van der Waals surface area contributed by atoms with Gasteiger partial charge in [-0.3, -0.25) is 0 Å². The van der Waals surface area contributed by atoms with E-state index in [0.29, 0.717) is 0 Å². The maximum atomic E-state index is 4.23. The highest BCUT2D eigenvalue weighted by Gasteiger charge is 2.12. The third-order valence-corrected chi connectivity index (χ3v) is 2.62. The lowest BCUT2D eigenvalue weighted by Crippen LogP contribution is -2.26. The summed E-state index contributed by atoms with van der Waals surface area (Å²) in [7, 11) is 0. The van der Waals surface area contributed by atoms with Gasteiger partial charge < -0.3 is 5.32 Å². The fourth-order valence-electron chi connectivity index (χ4n) is 1.76. The minimum Gasteiger partial charge on any atom is -0.311 e. The summed E-state index contributed by atoms with van der Waals surface area (Å²) in [6.45, 7) is 8.31. The Labute approximate surface area is 108 Å². The van der Waals surface area contributed by atoms with Gasteiger partial charge >= 0.3 is 0 Å². The normalized spacial score (nSPS) is 11.7. The maximum Gasteiger partial charge on any atom is 0.117 e. The molecule has 4 nitrogen and oxygen atoms in total. The number of hydrogen-bond donors (Lipinski definition) is 2. The molecule has 4 heteroatoms. The zero-order valence-electron chi connectivity index (χ0n) is 11.2. The summed E-state index contributed by atoms with van der Waals surface area (Å²) < 4.78 is 0. The van der Waals surface area contributed by atoms with Gasteiger partial charge in [0.2, 0.25) is 0 Å². The standard InChI is InChI=1S/C14H20N4/c1-14(2,3)10-15-9-12-13(17-18-16-12)11-7-5-4-6-8-11/h4-8,15H,9-10H2,1-3H3,(H,16,17,18). The first-order valence-corrected chi connectivity index (χ1v) is 6.22. The molecule has 0 aliphatic heterocycles. The van der Waals surface area contributed by atoms with Crippen molar-refractivity contribution in [3.8, 4) is 11.3 Å². The number of aromatic nitrogens is 3. The van der Waals surface area contributed by atoms with E-state index >= 15 is 0 Å². The SMILES string of the molecule is CC(C)(C)CNCc1n[nH]nc1-c1ccccc1. The van der Waals surface area contributed by atoms with Crippen molar-refractivity contribution in [1.29, 1.82) is 0 Å². The van der Waals surface area contributed by atoms with E-state index in [1.54, 1.807) is 0 Å². The molecule has 0 unspecified atom stereocenters. The molecule has 0 amide bonds. The Morgan fingerprint density at radius 2 is 1.83 bits per heavy atom. The molecule has 2 aromatic rings. The number of aromatic amines is 1. The number of nitrogens with one attached hydrogen (secondary N) is 2. The Bertz CT molecular complexity index is 482. The van der Waals surface area contributed by atoms with Crippen LogP contribution in [0, 0.1) is 5.41 Å². The second-order valence-electron chi connectivity index (χ2n) is 5.65. The summed E-state index contributed by atoms with van der Waals surface area (Å²) in [5, 5.41) is 14.6. The Hall–Kier alpha value is -1.68. The van der Waals surface area contributed by atoms with Crippen molar-refractivity contribution in [1.82, 2.24) is 20.7 Å². The Kier molecular flexibility index (Phi) is 3.77. The van der Waals surface area contributed by atoms with E-state index in [9.17, 15) is 0 Å². The van der Waals surface area contributed by atoms with Gasteiger partial charge in [-0.05, 0) is 5.41 Å². The van der Waals surface area contributed by atoms with E-state index in [2.05, 4.69) is 41.5 Å². The van der Waals surface area contributed by atoms with E-state index < -0.39 is 0 Å². The van der Waals surface area contributed by atoms with E-state index in [-0.39, 0.29) is 5.41 Å². The second kappa shape index (κ2) is 5.31. The minimum absolute atomic E-state index is 0.274. The maximum absolute atomic E-state index is 4.23.